The topological polar surface area (TPSA) is 101 Å². The van der Waals surface area contributed by atoms with Crippen LogP contribution in [0.3, 0.4) is 0 Å². The second-order valence-electron chi connectivity index (χ2n) is 8.26. The molecular weight excluding hydrogens is 411 g/mol. The SMILES string of the molecule is N#CC1=C(N)N2CCc3cc4c(cc3C2=CC12C(=O)Nc1ccc(F)cc12)OCCCO4. The third-order valence-corrected chi connectivity index (χ3v) is 6.56. The number of halogens is 1. The van der Waals surface area contributed by atoms with Crippen LogP contribution in [0.1, 0.15) is 23.1 Å². The van der Waals surface area contributed by atoms with Gasteiger partial charge < -0.3 is 25.4 Å². The monoisotopic (exact) mass is 430 g/mol. The molecule has 0 saturated heterocycles. The molecule has 1 unspecified atom stereocenters. The fraction of sp³-hybridized carbons (Fsp3) is 0.250. The molecule has 1 amide bonds. The lowest BCUT2D eigenvalue weighted by atomic mass is 9.71. The first-order valence-corrected chi connectivity index (χ1v) is 10.5. The van der Waals surface area contributed by atoms with Gasteiger partial charge in [-0.15, -0.1) is 0 Å². The lowest BCUT2D eigenvalue weighted by Gasteiger charge is -2.41. The van der Waals surface area contributed by atoms with Crippen molar-refractivity contribution in [3.63, 3.8) is 0 Å². The zero-order valence-electron chi connectivity index (χ0n) is 17.1. The van der Waals surface area contributed by atoms with Gasteiger partial charge in [-0.2, -0.15) is 5.26 Å². The zero-order valence-corrected chi connectivity index (χ0v) is 17.1. The molecule has 0 aliphatic carbocycles. The van der Waals surface area contributed by atoms with Crippen LogP contribution in [-0.4, -0.2) is 30.6 Å². The van der Waals surface area contributed by atoms with Crippen LogP contribution in [0, 0.1) is 17.1 Å². The van der Waals surface area contributed by atoms with E-state index in [2.05, 4.69) is 11.4 Å². The third-order valence-electron chi connectivity index (χ3n) is 6.56. The van der Waals surface area contributed by atoms with Crippen molar-refractivity contribution in [2.75, 3.05) is 25.1 Å². The third kappa shape index (κ3) is 2.36. The Morgan fingerprint density at radius 2 is 1.97 bits per heavy atom. The minimum absolute atomic E-state index is 0.0980. The van der Waals surface area contributed by atoms with E-state index in [4.69, 9.17) is 15.2 Å². The van der Waals surface area contributed by atoms with Crippen molar-refractivity contribution in [2.45, 2.75) is 18.3 Å². The molecule has 0 aromatic heterocycles. The first kappa shape index (κ1) is 18.8. The fourth-order valence-corrected chi connectivity index (χ4v) is 5.05. The van der Waals surface area contributed by atoms with Crippen molar-refractivity contribution < 1.29 is 18.7 Å². The molecular formula is C24H19FN4O3. The summed E-state index contributed by atoms with van der Waals surface area (Å²) >= 11 is 0. The van der Waals surface area contributed by atoms with Gasteiger partial charge in [0.1, 0.15) is 23.1 Å². The molecule has 4 aliphatic heterocycles. The van der Waals surface area contributed by atoms with E-state index in [0.717, 1.165) is 17.5 Å². The quantitative estimate of drug-likeness (QED) is 0.667. The number of nitrogens with one attached hydrogen (secondary N) is 1. The summed E-state index contributed by atoms with van der Waals surface area (Å²) in [6, 6.07) is 10.1. The summed E-state index contributed by atoms with van der Waals surface area (Å²) in [6.07, 6.45) is 3.22. The van der Waals surface area contributed by atoms with Gasteiger partial charge in [0, 0.05) is 35.5 Å². The number of benzene rings is 2. The molecule has 160 valence electrons. The van der Waals surface area contributed by atoms with Crippen LogP contribution in [0.5, 0.6) is 11.5 Å². The molecule has 6 rings (SSSR count). The summed E-state index contributed by atoms with van der Waals surface area (Å²) in [5.74, 6) is 0.625. The molecule has 2 aromatic carbocycles. The average molecular weight is 430 g/mol. The van der Waals surface area contributed by atoms with Crippen molar-refractivity contribution in [3.05, 3.63) is 70.3 Å². The van der Waals surface area contributed by atoms with E-state index in [1.165, 1.54) is 18.2 Å². The summed E-state index contributed by atoms with van der Waals surface area (Å²) in [5, 5.41) is 12.8. The first-order valence-electron chi connectivity index (χ1n) is 10.5. The van der Waals surface area contributed by atoms with Crippen molar-refractivity contribution in [3.8, 4) is 17.6 Å². The number of anilines is 1. The van der Waals surface area contributed by atoms with E-state index in [0.29, 0.717) is 54.6 Å². The Balaban J connectivity index is 1.61. The highest BCUT2D eigenvalue weighted by molar-refractivity contribution is 6.12. The molecule has 32 heavy (non-hydrogen) atoms. The van der Waals surface area contributed by atoms with Crippen LogP contribution in [0.2, 0.25) is 0 Å². The van der Waals surface area contributed by atoms with E-state index >= 15 is 0 Å². The van der Waals surface area contributed by atoms with Gasteiger partial charge in [0.05, 0.1) is 18.8 Å². The van der Waals surface area contributed by atoms with Crippen LogP contribution >= 0.6 is 0 Å². The zero-order chi connectivity index (χ0) is 22.0. The number of hydrogen-bond donors (Lipinski definition) is 2. The second-order valence-corrected chi connectivity index (χ2v) is 8.26. The summed E-state index contributed by atoms with van der Waals surface area (Å²) in [5.41, 5.74) is 8.54. The smallest absolute Gasteiger partial charge is 0.244 e. The van der Waals surface area contributed by atoms with Crippen LogP contribution in [0.25, 0.3) is 5.70 Å². The normalized spacial score (nSPS) is 22.9. The van der Waals surface area contributed by atoms with Crippen LogP contribution in [0.15, 0.2) is 47.8 Å². The summed E-state index contributed by atoms with van der Waals surface area (Å²) in [7, 11) is 0. The van der Waals surface area contributed by atoms with E-state index in [1.807, 2.05) is 17.0 Å². The number of hydrogen-bond acceptors (Lipinski definition) is 6. The second kappa shape index (κ2) is 6.50. The lowest BCUT2D eigenvalue weighted by molar-refractivity contribution is -0.118. The van der Waals surface area contributed by atoms with Gasteiger partial charge in [-0.05, 0) is 48.4 Å². The molecule has 4 aliphatic rings. The predicted octanol–water partition coefficient (Wildman–Crippen LogP) is 2.78. The van der Waals surface area contributed by atoms with E-state index in [9.17, 15) is 14.4 Å². The maximum Gasteiger partial charge on any atom is 0.244 e. The standard InChI is InChI=1S/C24H19FN4O3/c25-14-2-3-18-16(9-14)24(23(30)28-18)11-19-15-10-21-20(31-6-1-7-32-21)8-13(15)4-5-29(19)22(27)17(24)12-26/h2-3,8-11H,1,4-7,27H2,(H,28,30). The molecule has 7 nitrogen and oxygen atoms in total. The number of nitrogens with zero attached hydrogens (tertiary/aromatic N) is 2. The highest BCUT2D eigenvalue weighted by Gasteiger charge is 2.53. The van der Waals surface area contributed by atoms with E-state index < -0.39 is 17.1 Å². The molecule has 1 spiro atoms. The number of ether oxygens (including phenoxy) is 2. The largest absolute Gasteiger partial charge is 0.490 e. The highest BCUT2D eigenvalue weighted by atomic mass is 19.1. The van der Waals surface area contributed by atoms with Crippen molar-refractivity contribution >= 4 is 17.3 Å². The molecule has 0 radical (unpaired) electrons. The number of fused-ring (bicyclic) bond motifs is 6. The Morgan fingerprint density at radius 3 is 2.75 bits per heavy atom. The van der Waals surface area contributed by atoms with Crippen LogP contribution in [-0.2, 0) is 16.6 Å². The summed E-state index contributed by atoms with van der Waals surface area (Å²) in [6.45, 7) is 1.69. The van der Waals surface area contributed by atoms with Gasteiger partial charge in [0.15, 0.2) is 11.5 Å². The molecule has 1 atom stereocenters. The van der Waals surface area contributed by atoms with Crippen molar-refractivity contribution in [1.29, 1.82) is 5.26 Å². The lowest BCUT2D eigenvalue weighted by Crippen LogP contribution is -2.45. The Hall–Kier alpha value is -3.99. The number of nitrogens with two attached hydrogens (primary N) is 1. The Kier molecular flexibility index (Phi) is 3.81. The number of carbonyl (C=O) groups excluding carboxylic acids is 1. The number of rotatable bonds is 0. The summed E-state index contributed by atoms with van der Waals surface area (Å²) < 4.78 is 25.9. The molecule has 3 N–H and O–H groups in total. The van der Waals surface area contributed by atoms with Gasteiger partial charge in [-0.25, -0.2) is 4.39 Å². The Bertz CT molecular complexity index is 1310. The van der Waals surface area contributed by atoms with Crippen molar-refractivity contribution in [2.24, 2.45) is 5.73 Å². The minimum Gasteiger partial charge on any atom is -0.490 e. The van der Waals surface area contributed by atoms with Gasteiger partial charge >= 0.3 is 0 Å². The Morgan fingerprint density at radius 1 is 1.19 bits per heavy atom. The first-order chi connectivity index (χ1) is 15.5. The van der Waals surface area contributed by atoms with Gasteiger partial charge in [0.25, 0.3) is 0 Å². The average Bonchev–Trinajstić information content (AvgIpc) is 2.93. The highest BCUT2D eigenvalue weighted by Crippen LogP contribution is 2.51. The maximum atomic E-state index is 14.2. The summed E-state index contributed by atoms with van der Waals surface area (Å²) in [4.78, 5) is 15.2. The molecule has 2 aromatic rings. The van der Waals surface area contributed by atoms with Crippen LogP contribution in [0.4, 0.5) is 10.1 Å². The van der Waals surface area contributed by atoms with Gasteiger partial charge in [-0.1, -0.05) is 0 Å². The van der Waals surface area contributed by atoms with E-state index in [-0.39, 0.29) is 11.4 Å². The number of amides is 1. The number of nitriles is 1. The molecule has 0 bridgehead atoms. The molecule has 0 fully saturated rings. The van der Waals surface area contributed by atoms with Gasteiger partial charge in [-0.3, -0.25) is 4.79 Å². The minimum atomic E-state index is -1.50. The Labute approximate surface area is 183 Å². The van der Waals surface area contributed by atoms with Crippen LogP contribution < -0.4 is 20.5 Å². The molecule has 8 heteroatoms. The predicted molar refractivity (Wildman–Crippen MR) is 114 cm³/mol. The molecule has 4 heterocycles. The van der Waals surface area contributed by atoms with Gasteiger partial charge in [0.2, 0.25) is 5.91 Å². The van der Waals surface area contributed by atoms with E-state index in [1.54, 1.807) is 6.08 Å². The fourth-order valence-electron chi connectivity index (χ4n) is 5.05. The number of carbonyl (C=O) groups is 1. The molecule has 0 saturated carbocycles. The maximum absolute atomic E-state index is 14.2. The van der Waals surface area contributed by atoms with Crippen molar-refractivity contribution in [1.82, 2.24) is 4.90 Å².